The Hall–Kier alpha value is -7.16. The molecule has 0 aliphatic carbocycles. The van der Waals surface area contributed by atoms with E-state index in [4.69, 9.17) is 4.42 Å². The largest absolute Gasteiger partial charge is 0.455 e. The van der Waals surface area contributed by atoms with Crippen molar-refractivity contribution in [2.45, 2.75) is 0 Å². The summed E-state index contributed by atoms with van der Waals surface area (Å²) in [5, 5.41) is 6.10. The summed E-state index contributed by atoms with van der Waals surface area (Å²) >= 11 is 0. The van der Waals surface area contributed by atoms with Crippen LogP contribution in [0.15, 0.2) is 217 Å². The van der Waals surface area contributed by atoms with E-state index in [-0.39, 0.29) is 0 Å². The van der Waals surface area contributed by atoms with Crippen LogP contribution in [-0.4, -0.2) is 0 Å². The van der Waals surface area contributed by atoms with E-state index in [0.717, 1.165) is 61.6 Å². The molecule has 0 fully saturated rings. The van der Waals surface area contributed by atoms with Gasteiger partial charge in [0.15, 0.2) is 0 Å². The predicted octanol–water partition coefficient (Wildman–Crippen LogP) is 14.9. The second-order valence-corrected chi connectivity index (χ2v) is 13.7. The Morgan fingerprint density at radius 2 is 0.944 bits per heavy atom. The van der Waals surface area contributed by atoms with Gasteiger partial charge >= 0.3 is 0 Å². The molecule has 0 amide bonds. The fraction of sp³-hybridized carbons (Fsp3) is 0. The maximum Gasteiger partial charge on any atom is 0.143 e. The fourth-order valence-corrected chi connectivity index (χ4v) is 7.88. The molecular formula is C52H35NO. The van der Waals surface area contributed by atoms with Crippen LogP contribution in [0.2, 0.25) is 0 Å². The maximum absolute atomic E-state index is 6.57. The minimum absolute atomic E-state index is 0.883. The standard InChI is InChI=1S/C52H35NO/c1-3-14-37(15-4-1)47-22-9-11-24-49(47)53(44-32-33-46-41(35-44)27-26-38-16-7-8-21-45(38)46)43-30-28-36(29-31-43)40-19-13-20-42(34-40)52-51(39-17-5-2-6-18-39)48-23-10-12-25-50(48)54-52/h1-35H. The zero-order valence-corrected chi connectivity index (χ0v) is 29.6. The van der Waals surface area contributed by atoms with Crippen LogP contribution in [0.5, 0.6) is 0 Å². The minimum atomic E-state index is 0.883. The lowest BCUT2D eigenvalue weighted by Gasteiger charge is -2.28. The lowest BCUT2D eigenvalue weighted by molar-refractivity contribution is 0.632. The van der Waals surface area contributed by atoms with Gasteiger partial charge < -0.3 is 9.32 Å². The van der Waals surface area contributed by atoms with E-state index in [2.05, 4.69) is 205 Å². The molecule has 254 valence electrons. The van der Waals surface area contributed by atoms with Crippen molar-refractivity contribution >= 4 is 49.6 Å². The Morgan fingerprint density at radius 1 is 0.333 bits per heavy atom. The van der Waals surface area contributed by atoms with Crippen LogP contribution in [0.25, 0.3) is 77.2 Å². The van der Waals surface area contributed by atoms with E-state index in [0.29, 0.717) is 0 Å². The molecule has 9 aromatic carbocycles. The zero-order valence-electron chi connectivity index (χ0n) is 29.6. The molecule has 10 rings (SSSR count). The van der Waals surface area contributed by atoms with Crippen molar-refractivity contribution < 1.29 is 4.42 Å². The maximum atomic E-state index is 6.57. The summed E-state index contributed by atoms with van der Waals surface area (Å²) in [6, 6.07) is 75.8. The minimum Gasteiger partial charge on any atom is -0.455 e. The van der Waals surface area contributed by atoms with Crippen LogP contribution >= 0.6 is 0 Å². The highest BCUT2D eigenvalue weighted by molar-refractivity contribution is 6.09. The summed E-state index contributed by atoms with van der Waals surface area (Å²) in [7, 11) is 0. The molecule has 54 heavy (non-hydrogen) atoms. The number of para-hydroxylation sites is 2. The summed E-state index contributed by atoms with van der Waals surface area (Å²) in [5.41, 5.74) is 12.1. The number of hydrogen-bond donors (Lipinski definition) is 0. The van der Waals surface area contributed by atoms with Gasteiger partial charge in [-0.2, -0.15) is 0 Å². The highest BCUT2D eigenvalue weighted by Crippen LogP contribution is 2.44. The Labute approximate surface area is 314 Å². The van der Waals surface area contributed by atoms with Gasteiger partial charge in [0.1, 0.15) is 11.3 Å². The van der Waals surface area contributed by atoms with Crippen LogP contribution in [0, 0.1) is 0 Å². The van der Waals surface area contributed by atoms with E-state index < -0.39 is 0 Å². The van der Waals surface area contributed by atoms with Gasteiger partial charge in [0.25, 0.3) is 0 Å². The molecule has 10 aromatic rings. The SMILES string of the molecule is c1ccc(-c2ccccc2N(c2ccc(-c3cccc(-c4oc5ccccc5c4-c4ccccc4)c3)cc2)c2ccc3c(ccc4ccccc43)c2)cc1. The van der Waals surface area contributed by atoms with Crippen molar-refractivity contribution in [3.05, 3.63) is 212 Å². The van der Waals surface area contributed by atoms with Crippen molar-refractivity contribution in [1.82, 2.24) is 0 Å². The lowest BCUT2D eigenvalue weighted by atomic mass is 9.96. The molecule has 0 saturated heterocycles. The predicted molar refractivity (Wildman–Crippen MR) is 228 cm³/mol. The molecule has 1 aromatic heterocycles. The first kappa shape index (κ1) is 31.6. The van der Waals surface area contributed by atoms with Crippen LogP contribution in [0.3, 0.4) is 0 Å². The first-order valence-corrected chi connectivity index (χ1v) is 18.4. The third kappa shape index (κ3) is 5.62. The topological polar surface area (TPSA) is 16.4 Å². The average Bonchev–Trinajstić information content (AvgIpc) is 3.65. The van der Waals surface area contributed by atoms with Gasteiger partial charge in [-0.1, -0.05) is 170 Å². The lowest BCUT2D eigenvalue weighted by Crippen LogP contribution is -2.11. The molecule has 0 bridgehead atoms. The number of fused-ring (bicyclic) bond motifs is 4. The van der Waals surface area contributed by atoms with Crippen molar-refractivity contribution in [1.29, 1.82) is 0 Å². The molecule has 0 aliphatic rings. The Balaban J connectivity index is 1.08. The molecule has 1 heterocycles. The van der Waals surface area contributed by atoms with Crippen LogP contribution < -0.4 is 4.90 Å². The Morgan fingerprint density at radius 3 is 1.78 bits per heavy atom. The van der Waals surface area contributed by atoms with Crippen molar-refractivity contribution in [2.24, 2.45) is 0 Å². The number of rotatable bonds is 7. The number of furan rings is 1. The number of hydrogen-bond acceptors (Lipinski definition) is 2. The molecule has 0 spiro atoms. The van der Waals surface area contributed by atoms with Crippen molar-refractivity contribution in [3.8, 4) is 44.7 Å². The van der Waals surface area contributed by atoms with E-state index in [9.17, 15) is 0 Å². The summed E-state index contributed by atoms with van der Waals surface area (Å²) in [4.78, 5) is 2.39. The average molecular weight is 690 g/mol. The summed E-state index contributed by atoms with van der Waals surface area (Å²) < 4.78 is 6.57. The first-order chi connectivity index (χ1) is 26.8. The number of benzene rings is 9. The molecule has 2 nitrogen and oxygen atoms in total. The molecule has 2 heteroatoms. The van der Waals surface area contributed by atoms with Crippen LogP contribution in [0.1, 0.15) is 0 Å². The van der Waals surface area contributed by atoms with E-state index in [1.165, 1.54) is 32.7 Å². The van der Waals surface area contributed by atoms with Crippen LogP contribution in [-0.2, 0) is 0 Å². The molecule has 0 radical (unpaired) electrons. The van der Waals surface area contributed by atoms with E-state index >= 15 is 0 Å². The highest BCUT2D eigenvalue weighted by Gasteiger charge is 2.20. The van der Waals surface area contributed by atoms with Gasteiger partial charge in [-0.3, -0.25) is 0 Å². The third-order valence-corrected chi connectivity index (χ3v) is 10.5. The molecule has 0 N–H and O–H groups in total. The van der Waals surface area contributed by atoms with Gasteiger partial charge in [0.05, 0.1) is 5.69 Å². The summed E-state index contributed by atoms with van der Waals surface area (Å²) in [6.45, 7) is 0. The van der Waals surface area contributed by atoms with Gasteiger partial charge in [-0.05, 0) is 86.3 Å². The molecular weight excluding hydrogens is 655 g/mol. The van der Waals surface area contributed by atoms with Gasteiger partial charge in [0.2, 0.25) is 0 Å². The van der Waals surface area contributed by atoms with Crippen molar-refractivity contribution in [2.75, 3.05) is 4.90 Å². The van der Waals surface area contributed by atoms with E-state index in [1.807, 2.05) is 12.1 Å². The van der Waals surface area contributed by atoms with Gasteiger partial charge in [0, 0.05) is 33.5 Å². The first-order valence-electron chi connectivity index (χ1n) is 18.4. The van der Waals surface area contributed by atoms with Crippen molar-refractivity contribution in [3.63, 3.8) is 0 Å². The second kappa shape index (κ2) is 13.4. The quantitative estimate of drug-likeness (QED) is 0.155. The zero-order chi connectivity index (χ0) is 35.8. The third-order valence-electron chi connectivity index (χ3n) is 10.5. The van der Waals surface area contributed by atoms with Gasteiger partial charge in [-0.25, -0.2) is 0 Å². The number of anilines is 3. The van der Waals surface area contributed by atoms with Gasteiger partial charge in [-0.15, -0.1) is 0 Å². The summed E-state index contributed by atoms with van der Waals surface area (Å²) in [6.07, 6.45) is 0. The smallest absolute Gasteiger partial charge is 0.143 e. The molecule has 0 atom stereocenters. The monoisotopic (exact) mass is 689 g/mol. The molecule has 0 saturated carbocycles. The molecule has 0 aliphatic heterocycles. The van der Waals surface area contributed by atoms with Crippen LogP contribution in [0.4, 0.5) is 17.1 Å². The van der Waals surface area contributed by atoms with E-state index in [1.54, 1.807) is 0 Å². The Bertz CT molecular complexity index is 2920. The number of nitrogens with zero attached hydrogens (tertiary/aromatic N) is 1. The second-order valence-electron chi connectivity index (χ2n) is 13.7. The fourth-order valence-electron chi connectivity index (χ4n) is 7.88. The summed E-state index contributed by atoms with van der Waals surface area (Å²) in [5.74, 6) is 0.883. The molecule has 0 unspecified atom stereocenters. The Kier molecular flexibility index (Phi) is 7.85. The highest BCUT2D eigenvalue weighted by atomic mass is 16.3. The normalized spacial score (nSPS) is 11.3.